The van der Waals surface area contributed by atoms with E-state index in [1.807, 2.05) is 12.1 Å². The number of carboxylic acids is 1. The van der Waals surface area contributed by atoms with Crippen LogP contribution in [0.2, 0.25) is 0 Å². The largest absolute Gasteiger partial charge is 0.477 e. The number of nitriles is 1. The molecule has 6 nitrogen and oxygen atoms in total. The molecule has 1 N–H and O–H groups in total. The Labute approximate surface area is 350 Å². The van der Waals surface area contributed by atoms with E-state index >= 15 is 0 Å². The molecular formula is C50H50N2O4S2. The van der Waals surface area contributed by atoms with Gasteiger partial charge in [0, 0.05) is 37.6 Å². The lowest BCUT2D eigenvalue weighted by molar-refractivity contribution is -0.132. The van der Waals surface area contributed by atoms with E-state index in [9.17, 15) is 20.0 Å². The van der Waals surface area contributed by atoms with E-state index < -0.39 is 11.9 Å². The van der Waals surface area contributed by atoms with Crippen LogP contribution in [0, 0.1) is 11.3 Å². The highest BCUT2D eigenvalue weighted by molar-refractivity contribution is 7.27. The van der Waals surface area contributed by atoms with Crippen LogP contribution in [0.4, 0.5) is 17.1 Å². The molecule has 1 aliphatic carbocycles. The first-order chi connectivity index (χ1) is 28.3. The number of aliphatic carboxylic acids is 1. The van der Waals surface area contributed by atoms with Gasteiger partial charge in [-0.1, -0.05) is 120 Å². The van der Waals surface area contributed by atoms with Gasteiger partial charge in [0.1, 0.15) is 16.5 Å². The summed E-state index contributed by atoms with van der Waals surface area (Å²) in [5.41, 5.74) is 9.03. The highest BCUT2D eigenvalue weighted by atomic mass is 32.1. The number of rotatable bonds is 18. The van der Waals surface area contributed by atoms with Gasteiger partial charge in [0.05, 0.1) is 11.3 Å². The monoisotopic (exact) mass is 806 g/mol. The third kappa shape index (κ3) is 8.12. The SMILES string of the molecule is CCCCCCC1(CCCCCC)c2cc(-c3sc(/C=C(/C#N)C(=O)O)c4sc(C(=O)OCC)cc34)ccc2-c2ccc(N(c3ccccc3)c3ccccc3)cc21. The Morgan fingerprint density at radius 3 is 1.91 bits per heavy atom. The van der Waals surface area contributed by atoms with Gasteiger partial charge in [-0.2, -0.15) is 5.26 Å². The Morgan fingerprint density at radius 2 is 1.34 bits per heavy atom. The Balaban J connectivity index is 1.43. The summed E-state index contributed by atoms with van der Waals surface area (Å²) in [4.78, 5) is 29.4. The number of esters is 1. The number of fused-ring (bicyclic) bond motifs is 4. The molecule has 0 spiro atoms. The lowest BCUT2D eigenvalue weighted by atomic mass is 9.70. The summed E-state index contributed by atoms with van der Waals surface area (Å²) in [6, 6.07) is 38.7. The van der Waals surface area contributed by atoms with Crippen molar-refractivity contribution in [3.63, 3.8) is 0 Å². The van der Waals surface area contributed by atoms with Gasteiger partial charge in [-0.3, -0.25) is 0 Å². The highest BCUT2D eigenvalue weighted by Crippen LogP contribution is 2.57. The van der Waals surface area contributed by atoms with Crippen molar-refractivity contribution in [2.45, 2.75) is 90.4 Å². The molecule has 2 heterocycles. The van der Waals surface area contributed by atoms with Crippen LogP contribution in [0.15, 0.2) is 109 Å². The maximum Gasteiger partial charge on any atom is 0.348 e. The zero-order valence-electron chi connectivity index (χ0n) is 33.6. The van der Waals surface area contributed by atoms with Crippen LogP contribution in [-0.4, -0.2) is 23.7 Å². The Bertz CT molecular complexity index is 2420. The molecule has 0 saturated carbocycles. The topological polar surface area (TPSA) is 90.6 Å². The van der Waals surface area contributed by atoms with Crippen molar-refractivity contribution in [3.8, 4) is 27.6 Å². The van der Waals surface area contributed by atoms with E-state index in [2.05, 4.69) is 116 Å². The number of nitrogens with zero attached hydrogens (tertiary/aromatic N) is 2. The molecule has 7 rings (SSSR count). The van der Waals surface area contributed by atoms with E-state index in [-0.39, 0.29) is 17.6 Å². The number of thiophene rings is 2. The predicted octanol–water partition coefficient (Wildman–Crippen LogP) is 14.5. The second-order valence-electron chi connectivity index (χ2n) is 15.0. The van der Waals surface area contributed by atoms with Crippen molar-refractivity contribution in [2.75, 3.05) is 11.5 Å². The highest BCUT2D eigenvalue weighted by Gasteiger charge is 2.43. The molecule has 0 saturated heterocycles. The molecule has 58 heavy (non-hydrogen) atoms. The van der Waals surface area contributed by atoms with Crippen molar-refractivity contribution >= 4 is 67.8 Å². The second-order valence-corrected chi connectivity index (χ2v) is 17.1. The smallest absolute Gasteiger partial charge is 0.348 e. The van der Waals surface area contributed by atoms with Crippen molar-refractivity contribution in [1.29, 1.82) is 5.26 Å². The summed E-state index contributed by atoms with van der Waals surface area (Å²) in [6.07, 6.45) is 12.8. The summed E-state index contributed by atoms with van der Waals surface area (Å²) >= 11 is 2.75. The first kappa shape index (κ1) is 40.7. The molecule has 1 aliphatic rings. The number of para-hydroxylation sites is 2. The standard InChI is InChI=1S/C50H50N2O4S2/c1-4-7-9-17-27-50(28-18-10-8-5-2)42-29-34(46-41-32-45(49(55)56-6-3)58-47(41)44(57-46)30-35(33-51)48(53)54)23-25-39(42)40-26-24-38(31-43(40)50)52(36-19-13-11-14-20-36)37-21-15-12-16-22-37/h11-16,19-26,29-32H,4-10,17-18,27-28H2,1-3H3,(H,53,54)/b35-30-. The van der Waals surface area contributed by atoms with Gasteiger partial charge in [0.2, 0.25) is 0 Å². The van der Waals surface area contributed by atoms with Gasteiger partial charge in [0.25, 0.3) is 0 Å². The molecule has 0 aliphatic heterocycles. The summed E-state index contributed by atoms with van der Waals surface area (Å²) in [5.74, 6) is -1.69. The molecule has 4 aromatic carbocycles. The van der Waals surface area contributed by atoms with E-state index in [0.29, 0.717) is 9.75 Å². The van der Waals surface area contributed by atoms with Crippen molar-refractivity contribution < 1.29 is 19.4 Å². The molecule has 8 heteroatoms. The lowest BCUT2D eigenvalue weighted by Crippen LogP contribution is -2.26. The fourth-order valence-electron chi connectivity index (χ4n) is 8.57. The van der Waals surface area contributed by atoms with Crippen LogP contribution in [0.25, 0.3) is 37.7 Å². The summed E-state index contributed by atoms with van der Waals surface area (Å²) in [6.45, 7) is 6.56. The molecule has 0 radical (unpaired) electrons. The van der Waals surface area contributed by atoms with E-state index in [1.165, 1.54) is 89.5 Å². The van der Waals surface area contributed by atoms with Crippen LogP contribution in [0.3, 0.4) is 0 Å². The van der Waals surface area contributed by atoms with Gasteiger partial charge in [-0.25, -0.2) is 9.59 Å². The van der Waals surface area contributed by atoms with Gasteiger partial charge >= 0.3 is 11.9 Å². The molecular weight excluding hydrogens is 757 g/mol. The van der Waals surface area contributed by atoms with Crippen molar-refractivity contribution in [1.82, 2.24) is 0 Å². The van der Waals surface area contributed by atoms with Gasteiger partial charge in [0.15, 0.2) is 0 Å². The Kier molecular flexibility index (Phi) is 12.9. The Hall–Kier alpha value is -5.49. The van der Waals surface area contributed by atoms with Crippen LogP contribution < -0.4 is 4.90 Å². The summed E-state index contributed by atoms with van der Waals surface area (Å²) < 4.78 is 6.15. The number of hydrogen-bond donors (Lipinski definition) is 1. The van der Waals surface area contributed by atoms with Crippen molar-refractivity contribution in [3.05, 3.63) is 130 Å². The van der Waals surface area contributed by atoms with Crippen LogP contribution in [0.5, 0.6) is 0 Å². The number of unbranched alkanes of at least 4 members (excludes halogenated alkanes) is 6. The van der Waals surface area contributed by atoms with Gasteiger partial charge in [-0.15, -0.1) is 22.7 Å². The van der Waals surface area contributed by atoms with Crippen molar-refractivity contribution in [2.24, 2.45) is 0 Å². The van der Waals surface area contributed by atoms with Crippen LogP contribution >= 0.6 is 22.7 Å². The minimum atomic E-state index is -1.28. The number of ether oxygens (including phenoxy) is 1. The third-order valence-corrected chi connectivity index (χ3v) is 13.8. The molecule has 0 amide bonds. The second kappa shape index (κ2) is 18.4. The first-order valence-electron chi connectivity index (χ1n) is 20.6. The minimum Gasteiger partial charge on any atom is -0.477 e. The first-order valence-corrected chi connectivity index (χ1v) is 22.2. The van der Waals surface area contributed by atoms with Gasteiger partial charge in [-0.05, 0) is 102 Å². The minimum absolute atomic E-state index is 0.224. The molecule has 296 valence electrons. The van der Waals surface area contributed by atoms with Gasteiger partial charge < -0.3 is 14.7 Å². The number of hydrogen-bond acceptors (Lipinski definition) is 7. The number of carbonyl (C=O) groups is 2. The fraction of sp³-hybridized carbons (Fsp3) is 0.300. The average molecular weight is 807 g/mol. The summed E-state index contributed by atoms with van der Waals surface area (Å²) in [7, 11) is 0. The predicted molar refractivity (Wildman–Crippen MR) is 241 cm³/mol. The fourth-order valence-corrected chi connectivity index (χ4v) is 11.0. The molecule has 0 bridgehead atoms. The maximum absolute atomic E-state index is 13.0. The Morgan fingerprint density at radius 1 is 0.741 bits per heavy atom. The normalized spacial score (nSPS) is 12.9. The van der Waals surface area contributed by atoms with E-state index in [1.54, 1.807) is 6.92 Å². The zero-order chi connectivity index (χ0) is 40.6. The average Bonchev–Trinajstić information content (AvgIpc) is 3.91. The molecule has 0 atom stereocenters. The number of carbonyl (C=O) groups excluding carboxylic acids is 1. The molecule has 0 fully saturated rings. The lowest BCUT2D eigenvalue weighted by Gasteiger charge is -2.34. The number of carboxylic acid groups (broad SMARTS) is 1. The molecule has 6 aromatic rings. The zero-order valence-corrected chi connectivity index (χ0v) is 35.2. The third-order valence-electron chi connectivity index (χ3n) is 11.3. The maximum atomic E-state index is 13.0. The number of benzene rings is 4. The van der Waals surface area contributed by atoms with Crippen LogP contribution in [0.1, 0.15) is 111 Å². The summed E-state index contributed by atoms with van der Waals surface area (Å²) in [5, 5.41) is 20.3. The molecule has 2 aromatic heterocycles. The van der Waals surface area contributed by atoms with E-state index in [0.717, 1.165) is 63.3 Å². The van der Waals surface area contributed by atoms with Crippen LogP contribution in [-0.2, 0) is 14.9 Å². The molecule has 0 unspecified atom stereocenters. The number of anilines is 3. The quantitative estimate of drug-likeness (QED) is 0.0403. The van der Waals surface area contributed by atoms with E-state index in [4.69, 9.17) is 4.74 Å².